The molecule has 1 fully saturated rings. The smallest absolute Gasteiger partial charge is 0.372 e. The molecule has 1 N–H and O–H groups in total. The predicted octanol–water partition coefficient (Wildman–Crippen LogP) is 2.66. The van der Waals surface area contributed by atoms with Crippen molar-refractivity contribution in [2.75, 3.05) is 32.8 Å². The van der Waals surface area contributed by atoms with Crippen LogP contribution < -0.4 is 5.32 Å². The normalized spacial score (nSPS) is 25.4. The lowest BCUT2D eigenvalue weighted by Crippen LogP contribution is -2.55. The maximum atomic E-state index is 11.9. The summed E-state index contributed by atoms with van der Waals surface area (Å²) in [6.45, 7) is 8.30. The van der Waals surface area contributed by atoms with E-state index in [4.69, 9.17) is 0 Å². The largest absolute Gasteiger partial charge is 0.411 e. The van der Waals surface area contributed by atoms with E-state index >= 15 is 0 Å². The van der Waals surface area contributed by atoms with E-state index < -0.39 is 12.8 Å². The highest BCUT2D eigenvalue weighted by Crippen LogP contribution is 2.15. The third kappa shape index (κ3) is 7.45. The van der Waals surface area contributed by atoms with Gasteiger partial charge in [-0.2, -0.15) is 13.2 Å². The Morgan fingerprint density at radius 1 is 1.35 bits per heavy atom. The summed E-state index contributed by atoms with van der Waals surface area (Å²) in [7, 11) is 0. The fourth-order valence-corrected chi connectivity index (χ4v) is 2.59. The molecule has 120 valence electrons. The Hall–Kier alpha value is -0.330. The van der Waals surface area contributed by atoms with E-state index in [-0.39, 0.29) is 6.61 Å². The number of nitrogens with zero attached hydrogens (tertiary/aromatic N) is 1. The van der Waals surface area contributed by atoms with E-state index in [0.717, 1.165) is 26.1 Å². The van der Waals surface area contributed by atoms with Crippen LogP contribution in [0.3, 0.4) is 0 Å². The molecule has 1 heterocycles. The third-order valence-electron chi connectivity index (χ3n) is 3.54. The molecular weight excluding hydrogens is 269 g/mol. The number of alkyl halides is 3. The molecule has 0 saturated carbocycles. The van der Waals surface area contributed by atoms with Crippen LogP contribution in [0.2, 0.25) is 0 Å². The van der Waals surface area contributed by atoms with Crippen molar-refractivity contribution in [2.24, 2.45) is 5.92 Å². The van der Waals surface area contributed by atoms with Crippen LogP contribution in [0.25, 0.3) is 0 Å². The molecule has 3 nitrogen and oxygen atoms in total. The van der Waals surface area contributed by atoms with Crippen LogP contribution in [-0.4, -0.2) is 56.0 Å². The molecular formula is C14H27F3N2O. The monoisotopic (exact) mass is 296 g/mol. The lowest BCUT2D eigenvalue weighted by molar-refractivity contribution is -0.174. The van der Waals surface area contributed by atoms with Gasteiger partial charge in [0.25, 0.3) is 0 Å². The van der Waals surface area contributed by atoms with Crippen molar-refractivity contribution in [3.8, 4) is 0 Å². The second kappa shape index (κ2) is 8.20. The summed E-state index contributed by atoms with van der Waals surface area (Å²) >= 11 is 0. The van der Waals surface area contributed by atoms with Crippen LogP contribution >= 0.6 is 0 Å². The molecule has 6 heteroatoms. The average molecular weight is 296 g/mol. The average Bonchev–Trinajstić information content (AvgIpc) is 2.30. The Morgan fingerprint density at radius 3 is 2.65 bits per heavy atom. The molecule has 0 aromatic heterocycles. The first-order chi connectivity index (χ1) is 9.28. The first-order valence-corrected chi connectivity index (χ1v) is 7.40. The van der Waals surface area contributed by atoms with Crippen LogP contribution in [0.15, 0.2) is 0 Å². The molecule has 2 unspecified atom stereocenters. The quantitative estimate of drug-likeness (QED) is 0.731. The molecule has 0 aromatic carbocycles. The van der Waals surface area contributed by atoms with E-state index in [0.29, 0.717) is 24.4 Å². The molecule has 0 aromatic rings. The summed E-state index contributed by atoms with van der Waals surface area (Å²) in [6, 6.07) is 0.920. The first-order valence-electron chi connectivity index (χ1n) is 7.40. The predicted molar refractivity (Wildman–Crippen MR) is 73.8 cm³/mol. The summed E-state index contributed by atoms with van der Waals surface area (Å²) in [6.07, 6.45) is -2.44. The molecule has 0 amide bonds. The summed E-state index contributed by atoms with van der Waals surface area (Å²) in [4.78, 5) is 2.35. The van der Waals surface area contributed by atoms with Crippen LogP contribution in [0.4, 0.5) is 13.2 Å². The van der Waals surface area contributed by atoms with Gasteiger partial charge in [0, 0.05) is 38.3 Å². The van der Waals surface area contributed by atoms with Gasteiger partial charge in [0.05, 0.1) is 0 Å². The standard InChI is InChI=1S/C14H27F3N2O/c1-11(2)7-13-9-19(12(3)8-18-13)5-4-6-20-10-14(15,16)17/h11-13,18H,4-10H2,1-3H3. The second-order valence-electron chi connectivity index (χ2n) is 6.10. The van der Waals surface area contributed by atoms with E-state index in [2.05, 4.69) is 35.7 Å². The summed E-state index contributed by atoms with van der Waals surface area (Å²) in [5.74, 6) is 0.651. The zero-order valence-electron chi connectivity index (χ0n) is 12.7. The van der Waals surface area contributed by atoms with Crippen molar-refractivity contribution in [3.63, 3.8) is 0 Å². The van der Waals surface area contributed by atoms with Gasteiger partial charge in [-0.05, 0) is 25.7 Å². The van der Waals surface area contributed by atoms with E-state index in [9.17, 15) is 13.2 Å². The van der Waals surface area contributed by atoms with Crippen molar-refractivity contribution < 1.29 is 17.9 Å². The first kappa shape index (κ1) is 17.7. The number of ether oxygens (including phenoxy) is 1. The zero-order chi connectivity index (χ0) is 15.2. The SMILES string of the molecule is CC(C)CC1CN(CCCOCC(F)(F)F)C(C)CN1. The molecule has 0 bridgehead atoms. The van der Waals surface area contributed by atoms with Crippen molar-refractivity contribution in [2.45, 2.75) is 51.9 Å². The third-order valence-corrected chi connectivity index (χ3v) is 3.54. The molecule has 0 radical (unpaired) electrons. The van der Waals surface area contributed by atoms with Crippen LogP contribution in [0.1, 0.15) is 33.6 Å². The van der Waals surface area contributed by atoms with Gasteiger partial charge >= 0.3 is 6.18 Å². The fraction of sp³-hybridized carbons (Fsp3) is 1.00. The van der Waals surface area contributed by atoms with Crippen molar-refractivity contribution in [1.82, 2.24) is 10.2 Å². The fourth-order valence-electron chi connectivity index (χ4n) is 2.59. The minimum absolute atomic E-state index is 0.172. The van der Waals surface area contributed by atoms with Gasteiger partial charge in [-0.3, -0.25) is 4.90 Å². The molecule has 1 aliphatic rings. The molecule has 20 heavy (non-hydrogen) atoms. The summed E-state index contributed by atoms with van der Waals surface area (Å²) < 4.78 is 40.4. The van der Waals surface area contributed by atoms with Crippen LogP contribution in [0, 0.1) is 5.92 Å². The number of halogens is 3. The topological polar surface area (TPSA) is 24.5 Å². The van der Waals surface area contributed by atoms with Gasteiger partial charge in [0.15, 0.2) is 0 Å². The molecule has 1 aliphatic heterocycles. The highest BCUT2D eigenvalue weighted by molar-refractivity contribution is 4.84. The minimum atomic E-state index is -4.22. The van der Waals surface area contributed by atoms with Gasteiger partial charge in [0.2, 0.25) is 0 Å². The molecule has 0 spiro atoms. The molecule has 1 saturated heterocycles. The number of nitrogens with one attached hydrogen (secondary N) is 1. The van der Waals surface area contributed by atoms with Crippen LogP contribution in [0.5, 0.6) is 0 Å². The van der Waals surface area contributed by atoms with E-state index in [1.807, 2.05) is 0 Å². The van der Waals surface area contributed by atoms with E-state index in [1.54, 1.807) is 0 Å². The lowest BCUT2D eigenvalue weighted by Gasteiger charge is -2.39. The minimum Gasteiger partial charge on any atom is -0.372 e. The molecule has 0 aliphatic carbocycles. The highest BCUT2D eigenvalue weighted by Gasteiger charge is 2.28. The van der Waals surface area contributed by atoms with E-state index in [1.165, 1.54) is 0 Å². The Labute approximate surface area is 119 Å². The van der Waals surface area contributed by atoms with Gasteiger partial charge in [-0.1, -0.05) is 13.8 Å². The Balaban J connectivity index is 2.20. The van der Waals surface area contributed by atoms with Gasteiger partial charge in [0.1, 0.15) is 6.61 Å². The number of rotatable bonds is 7. The van der Waals surface area contributed by atoms with Crippen molar-refractivity contribution in [1.29, 1.82) is 0 Å². The maximum absolute atomic E-state index is 11.9. The van der Waals surface area contributed by atoms with Gasteiger partial charge in [-0.15, -0.1) is 0 Å². The second-order valence-corrected chi connectivity index (χ2v) is 6.10. The summed E-state index contributed by atoms with van der Waals surface area (Å²) in [5, 5.41) is 3.53. The Kier molecular flexibility index (Phi) is 7.26. The maximum Gasteiger partial charge on any atom is 0.411 e. The van der Waals surface area contributed by atoms with Gasteiger partial charge < -0.3 is 10.1 Å². The molecule has 1 rings (SSSR count). The van der Waals surface area contributed by atoms with Crippen LogP contribution in [-0.2, 0) is 4.74 Å². The zero-order valence-corrected chi connectivity index (χ0v) is 12.7. The molecule has 2 atom stereocenters. The highest BCUT2D eigenvalue weighted by atomic mass is 19.4. The number of hydrogen-bond donors (Lipinski definition) is 1. The number of hydrogen-bond acceptors (Lipinski definition) is 3. The Bertz CT molecular complexity index is 272. The lowest BCUT2D eigenvalue weighted by atomic mass is 10.00. The Morgan fingerprint density at radius 2 is 2.05 bits per heavy atom. The summed E-state index contributed by atoms with van der Waals surface area (Å²) in [5.41, 5.74) is 0. The van der Waals surface area contributed by atoms with Crippen molar-refractivity contribution in [3.05, 3.63) is 0 Å². The number of piperazine rings is 1. The van der Waals surface area contributed by atoms with Crippen molar-refractivity contribution >= 4 is 0 Å². The van der Waals surface area contributed by atoms with Gasteiger partial charge in [-0.25, -0.2) is 0 Å².